The molecule has 0 fully saturated rings. The summed E-state index contributed by atoms with van der Waals surface area (Å²) in [7, 11) is 0. The lowest BCUT2D eigenvalue weighted by Gasteiger charge is -2.07. The molecule has 0 amide bonds. The maximum absolute atomic E-state index is 11.9. The minimum absolute atomic E-state index is 0.117. The average Bonchev–Trinajstić information content (AvgIpc) is 2.28. The third kappa shape index (κ3) is 11.3. The van der Waals surface area contributed by atoms with Crippen molar-refractivity contribution >= 4 is 11.9 Å². The van der Waals surface area contributed by atoms with Crippen molar-refractivity contribution in [2.45, 2.75) is 39.8 Å². The number of halogens is 3. The van der Waals surface area contributed by atoms with Gasteiger partial charge in [-0.3, -0.25) is 0 Å². The van der Waals surface area contributed by atoms with Crippen LogP contribution < -0.4 is 0 Å². The van der Waals surface area contributed by atoms with Crippen molar-refractivity contribution in [3.05, 3.63) is 24.3 Å². The van der Waals surface area contributed by atoms with Gasteiger partial charge < -0.3 is 14.6 Å². The van der Waals surface area contributed by atoms with Gasteiger partial charge in [0.25, 0.3) is 0 Å². The van der Waals surface area contributed by atoms with Crippen molar-refractivity contribution in [1.29, 1.82) is 0 Å². The second kappa shape index (κ2) is 10.0. The second-order valence-corrected chi connectivity index (χ2v) is 3.66. The molecular weight excluding hydrogens is 281 g/mol. The van der Waals surface area contributed by atoms with Crippen LogP contribution in [0.2, 0.25) is 0 Å². The monoisotopic (exact) mass is 298 g/mol. The van der Waals surface area contributed by atoms with Gasteiger partial charge in [0, 0.05) is 11.1 Å². The summed E-state index contributed by atoms with van der Waals surface area (Å²) in [6.45, 7) is 10.5. The topological polar surface area (TPSA) is 72.8 Å². The summed E-state index contributed by atoms with van der Waals surface area (Å²) in [4.78, 5) is 20.8. The molecular formula is C12H17F3O5. The number of carbonyl (C=O) groups is 2. The standard InChI is InChI=1S/C6H7F3O2.C6H10O3/c1-3(2)6(10)11-5(9)4(7)8;1-4(2)6(8)9-5(3)7/h4-5H,1H2,2H3;5,7H,1H2,2-3H3. The molecule has 2 unspecified atom stereocenters. The Hall–Kier alpha value is -1.83. The van der Waals surface area contributed by atoms with Gasteiger partial charge in [-0.1, -0.05) is 13.2 Å². The predicted molar refractivity (Wildman–Crippen MR) is 64.4 cm³/mol. The average molecular weight is 298 g/mol. The van der Waals surface area contributed by atoms with E-state index < -0.39 is 31.0 Å². The van der Waals surface area contributed by atoms with Crippen LogP contribution in [0.1, 0.15) is 20.8 Å². The molecule has 0 rings (SSSR count). The first-order valence-electron chi connectivity index (χ1n) is 5.32. The van der Waals surface area contributed by atoms with E-state index in [1.807, 2.05) is 0 Å². The molecule has 5 nitrogen and oxygen atoms in total. The summed E-state index contributed by atoms with van der Waals surface area (Å²) in [5, 5.41) is 8.49. The Kier molecular flexibility index (Phi) is 10.3. The van der Waals surface area contributed by atoms with Crippen molar-refractivity contribution in [1.82, 2.24) is 0 Å². The Bertz CT molecular complexity index is 366. The summed E-state index contributed by atoms with van der Waals surface area (Å²) in [6.07, 6.45) is -7.22. The Labute approximate surface area is 114 Å². The van der Waals surface area contributed by atoms with E-state index in [-0.39, 0.29) is 11.1 Å². The van der Waals surface area contributed by atoms with Gasteiger partial charge in [-0.25, -0.2) is 18.4 Å². The fourth-order valence-electron chi connectivity index (χ4n) is 0.510. The first kappa shape index (κ1) is 20.5. The minimum atomic E-state index is -3.31. The lowest BCUT2D eigenvalue weighted by molar-refractivity contribution is -0.169. The summed E-state index contributed by atoms with van der Waals surface area (Å²) in [5.41, 5.74) is 0.171. The van der Waals surface area contributed by atoms with Crippen LogP contribution in [-0.4, -0.2) is 36.1 Å². The van der Waals surface area contributed by atoms with Crippen LogP contribution in [0, 0.1) is 0 Å². The third-order valence-corrected chi connectivity index (χ3v) is 1.39. The molecule has 0 radical (unpaired) electrons. The smallest absolute Gasteiger partial charge is 0.335 e. The number of ether oxygens (including phenoxy) is 2. The Morgan fingerprint density at radius 3 is 1.55 bits per heavy atom. The van der Waals surface area contributed by atoms with Crippen LogP contribution in [0.15, 0.2) is 24.3 Å². The maximum Gasteiger partial charge on any atom is 0.335 e. The number of hydrogen-bond donors (Lipinski definition) is 1. The van der Waals surface area contributed by atoms with Gasteiger partial charge in [0.2, 0.25) is 0 Å². The SMILES string of the molecule is C=C(C)C(=O)OC(C)O.C=C(C)C(=O)OC(F)C(F)F. The van der Waals surface area contributed by atoms with E-state index in [4.69, 9.17) is 5.11 Å². The van der Waals surface area contributed by atoms with Crippen LogP contribution in [0.25, 0.3) is 0 Å². The van der Waals surface area contributed by atoms with Crippen molar-refractivity contribution in [3.63, 3.8) is 0 Å². The molecule has 20 heavy (non-hydrogen) atoms. The molecule has 0 saturated heterocycles. The van der Waals surface area contributed by atoms with Gasteiger partial charge in [-0.2, -0.15) is 4.39 Å². The van der Waals surface area contributed by atoms with Crippen LogP contribution in [0.3, 0.4) is 0 Å². The Morgan fingerprint density at radius 2 is 1.35 bits per heavy atom. The number of esters is 2. The predicted octanol–water partition coefficient (Wildman–Crippen LogP) is 2.11. The zero-order valence-corrected chi connectivity index (χ0v) is 11.4. The first-order chi connectivity index (χ1) is 8.98. The minimum Gasteiger partial charge on any atom is -0.433 e. The molecule has 0 bridgehead atoms. The molecule has 8 heteroatoms. The number of rotatable bonds is 5. The molecule has 0 aromatic carbocycles. The van der Waals surface area contributed by atoms with E-state index in [1.54, 1.807) is 0 Å². The van der Waals surface area contributed by atoms with Crippen LogP contribution in [0.5, 0.6) is 0 Å². The number of alkyl halides is 3. The van der Waals surface area contributed by atoms with Gasteiger partial charge >= 0.3 is 24.7 Å². The van der Waals surface area contributed by atoms with Crippen LogP contribution in [0.4, 0.5) is 13.2 Å². The Balaban J connectivity index is 0. The second-order valence-electron chi connectivity index (χ2n) is 3.66. The van der Waals surface area contributed by atoms with Crippen LogP contribution in [-0.2, 0) is 19.1 Å². The largest absolute Gasteiger partial charge is 0.433 e. The van der Waals surface area contributed by atoms with Gasteiger partial charge in [-0.05, 0) is 20.8 Å². The Morgan fingerprint density at radius 1 is 1.00 bits per heavy atom. The molecule has 0 aliphatic heterocycles. The molecule has 0 aromatic heterocycles. The summed E-state index contributed by atoms with van der Waals surface area (Å²) in [5.74, 6) is -1.72. The molecule has 0 aliphatic rings. The number of aliphatic hydroxyl groups excluding tert-OH is 1. The van der Waals surface area contributed by atoms with Crippen molar-refractivity contribution in [3.8, 4) is 0 Å². The van der Waals surface area contributed by atoms with Gasteiger partial charge in [0.05, 0.1) is 0 Å². The zero-order chi connectivity index (χ0) is 16.5. The van der Waals surface area contributed by atoms with Gasteiger partial charge in [0.15, 0.2) is 6.29 Å². The molecule has 0 spiro atoms. The molecule has 1 N–H and O–H groups in total. The van der Waals surface area contributed by atoms with E-state index in [0.29, 0.717) is 0 Å². The third-order valence-electron chi connectivity index (χ3n) is 1.39. The lowest BCUT2D eigenvalue weighted by Crippen LogP contribution is -2.20. The zero-order valence-electron chi connectivity index (χ0n) is 11.4. The number of carbonyl (C=O) groups excluding carboxylic acids is 2. The van der Waals surface area contributed by atoms with Crippen molar-refractivity contribution in [2.24, 2.45) is 0 Å². The molecule has 0 saturated carbocycles. The highest BCUT2D eigenvalue weighted by atomic mass is 19.3. The highest BCUT2D eigenvalue weighted by Gasteiger charge is 2.23. The first-order valence-corrected chi connectivity index (χ1v) is 5.32. The van der Waals surface area contributed by atoms with E-state index in [1.165, 1.54) is 20.8 Å². The number of aliphatic hydroxyl groups is 1. The van der Waals surface area contributed by atoms with E-state index in [0.717, 1.165) is 0 Å². The fourth-order valence-corrected chi connectivity index (χ4v) is 0.510. The summed E-state index contributed by atoms with van der Waals surface area (Å²) >= 11 is 0. The lowest BCUT2D eigenvalue weighted by atomic mass is 10.4. The summed E-state index contributed by atoms with van der Waals surface area (Å²) < 4.78 is 42.6. The summed E-state index contributed by atoms with van der Waals surface area (Å²) in [6, 6.07) is 0. The molecule has 0 heterocycles. The number of hydrogen-bond acceptors (Lipinski definition) is 5. The highest BCUT2D eigenvalue weighted by molar-refractivity contribution is 5.87. The fraction of sp³-hybridized carbons (Fsp3) is 0.500. The van der Waals surface area contributed by atoms with E-state index in [9.17, 15) is 22.8 Å². The van der Waals surface area contributed by atoms with E-state index >= 15 is 0 Å². The molecule has 0 aliphatic carbocycles. The highest BCUT2D eigenvalue weighted by Crippen LogP contribution is 2.08. The maximum atomic E-state index is 11.9. The van der Waals surface area contributed by atoms with E-state index in [2.05, 4.69) is 22.6 Å². The van der Waals surface area contributed by atoms with Crippen molar-refractivity contribution in [2.75, 3.05) is 0 Å². The normalized spacial score (nSPS) is 12.6. The van der Waals surface area contributed by atoms with Gasteiger partial charge in [0.1, 0.15) is 0 Å². The molecule has 0 aromatic rings. The van der Waals surface area contributed by atoms with Gasteiger partial charge in [-0.15, -0.1) is 0 Å². The van der Waals surface area contributed by atoms with Crippen molar-refractivity contribution < 1.29 is 37.3 Å². The molecule has 2 atom stereocenters. The molecule has 116 valence electrons. The van der Waals surface area contributed by atoms with Crippen LogP contribution >= 0.6 is 0 Å². The quantitative estimate of drug-likeness (QED) is 0.478.